The molecule has 76 valence electrons. The summed E-state index contributed by atoms with van der Waals surface area (Å²) in [5.41, 5.74) is 0. The second-order valence-electron chi connectivity index (χ2n) is 3.39. The SMILES string of the molecule is CC(=O)N1CCCN(CCI)CC1. The zero-order valence-electron chi connectivity index (χ0n) is 8.13. The van der Waals surface area contributed by atoms with E-state index in [2.05, 4.69) is 27.5 Å². The van der Waals surface area contributed by atoms with Crippen LogP contribution in [0.5, 0.6) is 0 Å². The van der Waals surface area contributed by atoms with E-state index >= 15 is 0 Å². The van der Waals surface area contributed by atoms with Crippen LogP contribution in [0.1, 0.15) is 13.3 Å². The van der Waals surface area contributed by atoms with E-state index in [4.69, 9.17) is 0 Å². The third-order valence-electron chi connectivity index (χ3n) is 2.43. The van der Waals surface area contributed by atoms with E-state index in [0.29, 0.717) is 0 Å². The van der Waals surface area contributed by atoms with E-state index < -0.39 is 0 Å². The van der Waals surface area contributed by atoms with Gasteiger partial charge in [0.2, 0.25) is 5.91 Å². The van der Waals surface area contributed by atoms with Gasteiger partial charge in [-0.25, -0.2) is 0 Å². The molecular weight excluding hydrogens is 279 g/mol. The Morgan fingerprint density at radius 3 is 2.69 bits per heavy atom. The van der Waals surface area contributed by atoms with Crippen molar-refractivity contribution < 1.29 is 4.79 Å². The van der Waals surface area contributed by atoms with Gasteiger partial charge in [-0.05, 0) is 13.0 Å². The number of rotatable bonds is 2. The van der Waals surface area contributed by atoms with Gasteiger partial charge < -0.3 is 9.80 Å². The molecule has 0 aromatic carbocycles. The second kappa shape index (κ2) is 5.80. The molecule has 0 aromatic heterocycles. The fraction of sp³-hybridized carbons (Fsp3) is 0.889. The molecule has 1 aliphatic rings. The molecule has 1 heterocycles. The molecule has 13 heavy (non-hydrogen) atoms. The fourth-order valence-electron chi connectivity index (χ4n) is 1.63. The predicted octanol–water partition coefficient (Wildman–Crippen LogP) is 0.976. The van der Waals surface area contributed by atoms with Crippen molar-refractivity contribution in [1.82, 2.24) is 9.80 Å². The van der Waals surface area contributed by atoms with Crippen molar-refractivity contribution >= 4 is 28.5 Å². The van der Waals surface area contributed by atoms with Crippen LogP contribution < -0.4 is 0 Å². The molecule has 1 fully saturated rings. The maximum absolute atomic E-state index is 11.1. The van der Waals surface area contributed by atoms with Crippen molar-refractivity contribution in [3.05, 3.63) is 0 Å². The minimum Gasteiger partial charge on any atom is -0.342 e. The van der Waals surface area contributed by atoms with Gasteiger partial charge in [-0.15, -0.1) is 0 Å². The van der Waals surface area contributed by atoms with Crippen molar-refractivity contribution in [3.8, 4) is 0 Å². The summed E-state index contributed by atoms with van der Waals surface area (Å²) in [7, 11) is 0. The summed E-state index contributed by atoms with van der Waals surface area (Å²) in [6, 6.07) is 0. The molecule has 0 aliphatic carbocycles. The molecule has 0 radical (unpaired) electrons. The Bertz CT molecular complexity index is 175. The molecule has 0 unspecified atom stereocenters. The molecule has 0 bridgehead atoms. The first-order chi connectivity index (χ1) is 6.24. The zero-order chi connectivity index (χ0) is 9.68. The fourth-order valence-corrected chi connectivity index (χ4v) is 2.31. The van der Waals surface area contributed by atoms with Crippen LogP contribution in [0.2, 0.25) is 0 Å². The molecule has 1 saturated heterocycles. The maximum Gasteiger partial charge on any atom is 0.219 e. The lowest BCUT2D eigenvalue weighted by atomic mass is 10.4. The highest BCUT2D eigenvalue weighted by molar-refractivity contribution is 14.1. The molecular formula is C9H17IN2O. The average molecular weight is 296 g/mol. The summed E-state index contributed by atoms with van der Waals surface area (Å²) < 4.78 is 1.18. The third-order valence-corrected chi connectivity index (χ3v) is 2.92. The Kier molecular flexibility index (Phi) is 5.01. The molecule has 4 heteroatoms. The van der Waals surface area contributed by atoms with Crippen LogP contribution in [-0.4, -0.2) is 52.9 Å². The monoisotopic (exact) mass is 296 g/mol. The van der Waals surface area contributed by atoms with Gasteiger partial charge in [0.15, 0.2) is 0 Å². The smallest absolute Gasteiger partial charge is 0.219 e. The van der Waals surface area contributed by atoms with E-state index in [9.17, 15) is 4.79 Å². The normalized spacial score (nSPS) is 20.0. The van der Waals surface area contributed by atoms with Crippen molar-refractivity contribution in [1.29, 1.82) is 0 Å². The maximum atomic E-state index is 11.1. The number of halogens is 1. The van der Waals surface area contributed by atoms with Gasteiger partial charge >= 0.3 is 0 Å². The van der Waals surface area contributed by atoms with Crippen LogP contribution in [0.15, 0.2) is 0 Å². The van der Waals surface area contributed by atoms with Crippen LogP contribution in [0, 0.1) is 0 Å². The number of hydrogen-bond donors (Lipinski definition) is 0. The van der Waals surface area contributed by atoms with Crippen LogP contribution in [-0.2, 0) is 4.79 Å². The van der Waals surface area contributed by atoms with E-state index in [1.54, 1.807) is 6.92 Å². The summed E-state index contributed by atoms with van der Waals surface area (Å²) in [5, 5.41) is 0. The molecule has 0 N–H and O–H groups in total. The van der Waals surface area contributed by atoms with Gasteiger partial charge in [-0.2, -0.15) is 0 Å². The molecule has 0 aromatic rings. The Hall–Kier alpha value is 0.160. The minimum atomic E-state index is 0.219. The van der Waals surface area contributed by atoms with Crippen molar-refractivity contribution in [2.75, 3.05) is 37.2 Å². The van der Waals surface area contributed by atoms with Crippen LogP contribution in [0.4, 0.5) is 0 Å². The largest absolute Gasteiger partial charge is 0.342 e. The molecule has 1 amide bonds. The molecule has 1 rings (SSSR count). The number of amides is 1. The highest BCUT2D eigenvalue weighted by Crippen LogP contribution is 2.03. The van der Waals surface area contributed by atoms with Gasteiger partial charge in [0.05, 0.1) is 0 Å². The lowest BCUT2D eigenvalue weighted by Crippen LogP contribution is -2.34. The van der Waals surface area contributed by atoms with Gasteiger partial charge in [-0.1, -0.05) is 22.6 Å². The summed E-state index contributed by atoms with van der Waals surface area (Å²) >= 11 is 2.40. The van der Waals surface area contributed by atoms with E-state index in [0.717, 1.165) is 39.1 Å². The van der Waals surface area contributed by atoms with Gasteiger partial charge in [0, 0.05) is 37.5 Å². The number of alkyl halides is 1. The second-order valence-corrected chi connectivity index (χ2v) is 4.47. The van der Waals surface area contributed by atoms with Crippen LogP contribution in [0.25, 0.3) is 0 Å². The molecule has 0 atom stereocenters. The first kappa shape index (κ1) is 11.2. The van der Waals surface area contributed by atoms with Crippen molar-refractivity contribution in [2.24, 2.45) is 0 Å². The highest BCUT2D eigenvalue weighted by Gasteiger charge is 2.15. The van der Waals surface area contributed by atoms with Crippen molar-refractivity contribution in [2.45, 2.75) is 13.3 Å². The first-order valence-corrected chi connectivity index (χ1v) is 6.30. The van der Waals surface area contributed by atoms with Gasteiger partial charge in [-0.3, -0.25) is 4.79 Å². The van der Waals surface area contributed by atoms with Crippen molar-refractivity contribution in [3.63, 3.8) is 0 Å². The molecule has 1 aliphatic heterocycles. The topological polar surface area (TPSA) is 23.6 Å². The molecule has 0 spiro atoms. The Morgan fingerprint density at radius 2 is 2.08 bits per heavy atom. The summed E-state index contributed by atoms with van der Waals surface area (Å²) in [6.45, 7) is 6.86. The van der Waals surface area contributed by atoms with Gasteiger partial charge in [0.25, 0.3) is 0 Å². The van der Waals surface area contributed by atoms with Gasteiger partial charge in [0.1, 0.15) is 0 Å². The number of hydrogen-bond acceptors (Lipinski definition) is 2. The van der Waals surface area contributed by atoms with Crippen LogP contribution in [0.3, 0.4) is 0 Å². The summed E-state index contributed by atoms with van der Waals surface area (Å²) in [4.78, 5) is 15.5. The molecule has 3 nitrogen and oxygen atoms in total. The van der Waals surface area contributed by atoms with E-state index in [-0.39, 0.29) is 5.91 Å². The van der Waals surface area contributed by atoms with E-state index in [1.807, 2.05) is 4.90 Å². The number of carbonyl (C=O) groups is 1. The highest BCUT2D eigenvalue weighted by atomic mass is 127. The van der Waals surface area contributed by atoms with Crippen LogP contribution >= 0.6 is 22.6 Å². The Labute approximate surface area is 93.6 Å². The Morgan fingerprint density at radius 1 is 1.31 bits per heavy atom. The number of nitrogens with zero attached hydrogens (tertiary/aromatic N) is 2. The lowest BCUT2D eigenvalue weighted by Gasteiger charge is -2.19. The predicted molar refractivity (Wildman–Crippen MR) is 62.2 cm³/mol. The van der Waals surface area contributed by atoms with E-state index in [1.165, 1.54) is 4.43 Å². The average Bonchev–Trinajstić information content (AvgIpc) is 2.30. The molecule has 0 saturated carbocycles. The minimum absolute atomic E-state index is 0.219. The lowest BCUT2D eigenvalue weighted by molar-refractivity contribution is -0.128. The standard InChI is InChI=1S/C9H17IN2O/c1-9(13)12-5-2-4-11(6-3-10)7-8-12/h2-8H2,1H3. The number of carbonyl (C=O) groups excluding carboxylic acids is 1. The summed E-state index contributed by atoms with van der Waals surface area (Å²) in [6.07, 6.45) is 1.12. The third kappa shape index (κ3) is 3.81. The zero-order valence-corrected chi connectivity index (χ0v) is 10.3. The first-order valence-electron chi connectivity index (χ1n) is 4.78. The summed E-state index contributed by atoms with van der Waals surface area (Å²) in [5.74, 6) is 0.219. The Balaban J connectivity index is 2.35. The quantitative estimate of drug-likeness (QED) is 0.560.